The summed E-state index contributed by atoms with van der Waals surface area (Å²) in [6.07, 6.45) is 0. The van der Waals surface area contributed by atoms with Crippen molar-refractivity contribution in [2.24, 2.45) is 0 Å². The molecule has 13 aromatic rings. The monoisotopic (exact) mass is 725 g/mol. The Kier molecular flexibility index (Phi) is 6.16. The highest BCUT2D eigenvalue weighted by Crippen LogP contribution is 2.43. The van der Waals surface area contributed by atoms with E-state index in [4.69, 9.17) is 8.83 Å². The van der Waals surface area contributed by atoms with Crippen molar-refractivity contribution < 1.29 is 8.83 Å². The Balaban J connectivity index is 1.10. The molecule has 0 unspecified atom stereocenters. The van der Waals surface area contributed by atoms with Crippen molar-refractivity contribution in [3.05, 3.63) is 188 Å². The molecule has 3 heterocycles. The highest BCUT2D eigenvalue weighted by Gasteiger charge is 2.20. The summed E-state index contributed by atoms with van der Waals surface area (Å²) in [6.45, 7) is 0. The van der Waals surface area contributed by atoms with Crippen LogP contribution < -0.4 is 0 Å². The van der Waals surface area contributed by atoms with Crippen LogP contribution in [0.2, 0.25) is 0 Å². The number of hydrogen-bond donors (Lipinski definition) is 0. The molecular weight excluding hydrogens is 695 g/mol. The number of furan rings is 2. The van der Waals surface area contributed by atoms with E-state index in [-0.39, 0.29) is 0 Å². The fourth-order valence-electron chi connectivity index (χ4n) is 9.62. The molecule has 3 heteroatoms. The molecule has 0 amide bonds. The molecule has 10 aromatic carbocycles. The van der Waals surface area contributed by atoms with Gasteiger partial charge in [-0.2, -0.15) is 0 Å². The lowest BCUT2D eigenvalue weighted by Crippen LogP contribution is -1.95. The van der Waals surface area contributed by atoms with E-state index in [1.165, 1.54) is 43.1 Å². The molecule has 0 N–H and O–H groups in total. The zero-order chi connectivity index (χ0) is 37.2. The van der Waals surface area contributed by atoms with Crippen LogP contribution in [0.15, 0.2) is 197 Å². The molecule has 0 atom stereocenters. The minimum Gasteiger partial charge on any atom is -0.455 e. The van der Waals surface area contributed by atoms with Gasteiger partial charge in [0.25, 0.3) is 0 Å². The van der Waals surface area contributed by atoms with Crippen molar-refractivity contribution in [3.63, 3.8) is 0 Å². The number of rotatable bonds is 3. The lowest BCUT2D eigenvalue weighted by molar-refractivity contribution is 0.669. The SMILES string of the molecule is c1ccc2c(c1)oc1c(-c3ccc4c(c3)c3cc(-c5cccc6c5oc5ccccc56)ccc3n4-c3ccc4c5ccccc5c5ccccc5c4c3)cccc12. The fourth-order valence-corrected chi connectivity index (χ4v) is 9.62. The Morgan fingerprint density at radius 3 is 1.21 bits per heavy atom. The van der Waals surface area contributed by atoms with Gasteiger partial charge >= 0.3 is 0 Å². The van der Waals surface area contributed by atoms with Crippen molar-refractivity contribution >= 4 is 98.0 Å². The van der Waals surface area contributed by atoms with E-state index in [0.29, 0.717) is 0 Å². The van der Waals surface area contributed by atoms with E-state index >= 15 is 0 Å². The van der Waals surface area contributed by atoms with Crippen molar-refractivity contribution in [2.75, 3.05) is 0 Å². The molecule has 0 bridgehead atoms. The number of para-hydroxylation sites is 4. The third kappa shape index (κ3) is 4.31. The second-order valence-electron chi connectivity index (χ2n) is 15.2. The van der Waals surface area contributed by atoms with Gasteiger partial charge in [0.2, 0.25) is 0 Å². The van der Waals surface area contributed by atoms with Gasteiger partial charge < -0.3 is 13.4 Å². The van der Waals surface area contributed by atoms with Gasteiger partial charge in [-0.1, -0.05) is 140 Å². The molecule has 0 aliphatic heterocycles. The molecule has 13 rings (SSSR count). The number of fused-ring (bicyclic) bond motifs is 15. The zero-order valence-corrected chi connectivity index (χ0v) is 30.7. The maximum absolute atomic E-state index is 6.55. The van der Waals surface area contributed by atoms with E-state index < -0.39 is 0 Å². The van der Waals surface area contributed by atoms with Crippen molar-refractivity contribution in [1.82, 2.24) is 4.57 Å². The van der Waals surface area contributed by atoms with Crippen LogP contribution in [0.1, 0.15) is 0 Å². The van der Waals surface area contributed by atoms with Gasteiger partial charge in [0.15, 0.2) is 0 Å². The smallest absolute Gasteiger partial charge is 0.143 e. The van der Waals surface area contributed by atoms with Gasteiger partial charge in [-0.25, -0.2) is 0 Å². The standard InChI is InChI=1S/C54H31NO2/c1-2-13-39-37(11-1)38-12-3-4-14-40(38)46-31-34(25-26-41(39)46)55-49-27-23-32(35-17-9-19-44-42-15-5-7-21-51(42)56-53(35)44)29-47(49)48-30-33(24-28-50(48)55)36-18-10-20-45-43-16-6-8-22-52(43)57-54(36)45/h1-31H. The summed E-state index contributed by atoms with van der Waals surface area (Å²) >= 11 is 0. The summed E-state index contributed by atoms with van der Waals surface area (Å²) in [4.78, 5) is 0. The normalized spacial score (nSPS) is 12.2. The molecule has 3 aromatic heterocycles. The highest BCUT2D eigenvalue weighted by atomic mass is 16.3. The Hall–Kier alpha value is -7.62. The van der Waals surface area contributed by atoms with E-state index in [9.17, 15) is 0 Å². The van der Waals surface area contributed by atoms with Gasteiger partial charge in [0.05, 0.1) is 11.0 Å². The fraction of sp³-hybridized carbons (Fsp3) is 0. The Morgan fingerprint density at radius 2 is 0.702 bits per heavy atom. The van der Waals surface area contributed by atoms with E-state index in [1.807, 2.05) is 12.1 Å². The topological polar surface area (TPSA) is 31.2 Å². The summed E-state index contributed by atoms with van der Waals surface area (Å²) in [5.74, 6) is 0. The lowest BCUT2D eigenvalue weighted by Gasteiger charge is -2.14. The number of nitrogens with zero attached hydrogens (tertiary/aromatic N) is 1. The average Bonchev–Trinajstić information content (AvgIpc) is 3.95. The molecule has 0 radical (unpaired) electrons. The predicted molar refractivity (Wildman–Crippen MR) is 239 cm³/mol. The molecule has 0 aliphatic carbocycles. The highest BCUT2D eigenvalue weighted by molar-refractivity contribution is 6.26. The average molecular weight is 726 g/mol. The zero-order valence-electron chi connectivity index (χ0n) is 30.7. The second kappa shape index (κ2) is 11.5. The molecule has 3 nitrogen and oxygen atoms in total. The lowest BCUT2D eigenvalue weighted by atomic mass is 9.94. The summed E-state index contributed by atoms with van der Waals surface area (Å²) < 4.78 is 15.5. The Bertz CT molecular complexity index is 3610. The largest absolute Gasteiger partial charge is 0.455 e. The van der Waals surface area contributed by atoms with E-state index in [2.05, 4.69) is 180 Å². The second-order valence-corrected chi connectivity index (χ2v) is 15.2. The van der Waals surface area contributed by atoms with E-state index in [0.717, 1.165) is 82.9 Å². The van der Waals surface area contributed by atoms with Crippen LogP contribution >= 0.6 is 0 Å². The van der Waals surface area contributed by atoms with Crippen molar-refractivity contribution in [3.8, 4) is 27.9 Å². The van der Waals surface area contributed by atoms with Crippen LogP contribution in [-0.4, -0.2) is 4.57 Å². The quantitative estimate of drug-likeness (QED) is 0.170. The minimum absolute atomic E-state index is 0.902. The summed E-state index contributed by atoms with van der Waals surface area (Å²) in [7, 11) is 0. The van der Waals surface area contributed by atoms with Crippen LogP contribution in [0.5, 0.6) is 0 Å². The first-order chi connectivity index (χ1) is 28.3. The van der Waals surface area contributed by atoms with Crippen LogP contribution in [0.25, 0.3) is 126 Å². The number of hydrogen-bond acceptors (Lipinski definition) is 2. The third-order valence-corrected chi connectivity index (χ3v) is 12.2. The first kappa shape index (κ1) is 30.7. The van der Waals surface area contributed by atoms with Gasteiger partial charge in [0, 0.05) is 49.1 Å². The van der Waals surface area contributed by atoms with Crippen LogP contribution in [0.4, 0.5) is 0 Å². The van der Waals surface area contributed by atoms with Gasteiger partial charge in [0.1, 0.15) is 22.3 Å². The maximum Gasteiger partial charge on any atom is 0.143 e. The van der Waals surface area contributed by atoms with Crippen molar-refractivity contribution in [2.45, 2.75) is 0 Å². The first-order valence-electron chi connectivity index (χ1n) is 19.5. The predicted octanol–water partition coefficient (Wildman–Crippen LogP) is 15.4. The molecular formula is C54H31NO2. The van der Waals surface area contributed by atoms with Crippen LogP contribution in [0, 0.1) is 0 Å². The maximum atomic E-state index is 6.55. The third-order valence-electron chi connectivity index (χ3n) is 12.2. The summed E-state index contributed by atoms with van der Waals surface area (Å²) in [5, 5.41) is 14.5. The molecule has 0 spiro atoms. The Morgan fingerprint density at radius 1 is 0.281 bits per heavy atom. The molecule has 0 saturated carbocycles. The molecule has 0 fully saturated rings. The minimum atomic E-state index is 0.902. The van der Waals surface area contributed by atoms with Gasteiger partial charge in [-0.05, 0) is 92.0 Å². The van der Waals surface area contributed by atoms with Crippen molar-refractivity contribution in [1.29, 1.82) is 0 Å². The summed E-state index contributed by atoms with van der Waals surface area (Å²) in [6, 6.07) is 67.9. The number of aromatic nitrogens is 1. The molecule has 0 saturated heterocycles. The van der Waals surface area contributed by atoms with E-state index in [1.54, 1.807) is 0 Å². The Labute approximate surface area is 326 Å². The van der Waals surface area contributed by atoms with Gasteiger partial charge in [-0.3, -0.25) is 0 Å². The van der Waals surface area contributed by atoms with Crippen LogP contribution in [0.3, 0.4) is 0 Å². The van der Waals surface area contributed by atoms with Gasteiger partial charge in [-0.15, -0.1) is 0 Å². The van der Waals surface area contributed by atoms with Crippen LogP contribution in [-0.2, 0) is 0 Å². The molecule has 0 aliphatic rings. The molecule has 264 valence electrons. The first-order valence-corrected chi connectivity index (χ1v) is 19.5. The summed E-state index contributed by atoms with van der Waals surface area (Å²) in [5.41, 5.74) is 11.4. The number of benzene rings is 10. The molecule has 57 heavy (non-hydrogen) atoms.